The van der Waals surface area contributed by atoms with Crippen molar-refractivity contribution in [2.75, 3.05) is 0 Å². The van der Waals surface area contributed by atoms with E-state index in [1.807, 2.05) is 6.92 Å². The zero-order valence-electron chi connectivity index (χ0n) is 7.31. The molecule has 0 heterocycles. The third-order valence-electron chi connectivity index (χ3n) is 1.32. The van der Waals surface area contributed by atoms with Crippen molar-refractivity contribution in [2.45, 2.75) is 39.7 Å². The van der Waals surface area contributed by atoms with E-state index in [9.17, 15) is 9.59 Å². The molecule has 0 aliphatic carbocycles. The summed E-state index contributed by atoms with van der Waals surface area (Å²) in [6.45, 7) is 5.14. The summed E-state index contributed by atoms with van der Waals surface area (Å²) in [4.78, 5) is 21.4. The number of carbonyl (C=O) groups is 2. The molecule has 0 aliphatic rings. The van der Waals surface area contributed by atoms with Gasteiger partial charge in [-0.25, -0.2) is 0 Å². The summed E-state index contributed by atoms with van der Waals surface area (Å²) in [5.41, 5.74) is 0. The second-order valence-electron chi connectivity index (χ2n) is 2.73. The first-order valence-electron chi connectivity index (χ1n) is 3.85. The van der Waals surface area contributed by atoms with Crippen molar-refractivity contribution in [3.63, 3.8) is 0 Å². The fourth-order valence-corrected chi connectivity index (χ4v) is 0.859. The summed E-state index contributed by atoms with van der Waals surface area (Å²) >= 11 is 0. The van der Waals surface area contributed by atoms with Crippen LogP contribution >= 0.6 is 0 Å². The molecule has 0 aromatic carbocycles. The first-order valence-corrected chi connectivity index (χ1v) is 3.85. The van der Waals surface area contributed by atoms with Gasteiger partial charge >= 0.3 is 0 Å². The maximum absolute atomic E-state index is 10.8. The number of hydrogen-bond acceptors (Lipinski definition) is 2. The van der Waals surface area contributed by atoms with E-state index < -0.39 is 0 Å². The molecule has 0 spiro atoms. The summed E-state index contributed by atoms with van der Waals surface area (Å²) in [6, 6.07) is -0.0278. The third-order valence-corrected chi connectivity index (χ3v) is 1.32. The smallest absolute Gasteiger partial charge is 0.219 e. The van der Waals surface area contributed by atoms with Crippen LogP contribution in [0.1, 0.15) is 33.6 Å². The maximum atomic E-state index is 10.8. The molecule has 0 rings (SSSR count). The van der Waals surface area contributed by atoms with Crippen LogP contribution in [0.25, 0.3) is 0 Å². The predicted octanol–water partition coefficient (Wildman–Crippen LogP) is 0.880. The zero-order chi connectivity index (χ0) is 8.85. The van der Waals surface area contributed by atoms with Gasteiger partial charge < -0.3 is 5.32 Å². The van der Waals surface area contributed by atoms with Crippen molar-refractivity contribution in [3.8, 4) is 0 Å². The number of amides is 1. The molecule has 0 aromatic heterocycles. The summed E-state index contributed by atoms with van der Waals surface area (Å²) in [7, 11) is 0. The maximum Gasteiger partial charge on any atom is 0.219 e. The zero-order valence-corrected chi connectivity index (χ0v) is 7.31. The first-order chi connectivity index (χ1) is 5.06. The normalized spacial score (nSPS) is 12.3. The lowest BCUT2D eigenvalue weighted by Gasteiger charge is -2.10. The Morgan fingerprint density at radius 3 is 2.36 bits per heavy atom. The van der Waals surface area contributed by atoms with E-state index in [4.69, 9.17) is 0 Å². The van der Waals surface area contributed by atoms with Crippen LogP contribution in [0.5, 0.6) is 0 Å². The topological polar surface area (TPSA) is 46.2 Å². The molecule has 0 saturated carbocycles. The molecule has 0 aliphatic heterocycles. The Kier molecular flexibility index (Phi) is 4.50. The minimum absolute atomic E-state index is 0.00116. The molecule has 1 atom stereocenters. The first kappa shape index (κ1) is 10.1. The number of nitrogens with one attached hydrogen (secondary N) is 1. The predicted molar refractivity (Wildman–Crippen MR) is 43.2 cm³/mol. The summed E-state index contributed by atoms with van der Waals surface area (Å²) in [6.07, 6.45) is 0.897. The van der Waals surface area contributed by atoms with E-state index in [1.54, 1.807) is 6.92 Å². The molecular formula is C8H15NO2. The third kappa shape index (κ3) is 5.58. The molecule has 0 saturated heterocycles. The summed E-state index contributed by atoms with van der Waals surface area (Å²) in [5, 5.41) is 2.70. The van der Waals surface area contributed by atoms with Crippen LogP contribution in [0.2, 0.25) is 0 Å². The highest BCUT2D eigenvalue weighted by atomic mass is 16.1. The highest BCUT2D eigenvalue weighted by Gasteiger charge is 2.06. The molecular weight excluding hydrogens is 142 g/mol. The van der Waals surface area contributed by atoms with Crippen LogP contribution in [0.4, 0.5) is 0 Å². The second-order valence-corrected chi connectivity index (χ2v) is 2.73. The van der Waals surface area contributed by atoms with Crippen LogP contribution in [-0.2, 0) is 9.59 Å². The van der Waals surface area contributed by atoms with Gasteiger partial charge in [-0.05, 0) is 13.8 Å². The molecule has 1 unspecified atom stereocenters. The Bertz CT molecular complexity index is 154. The van der Waals surface area contributed by atoms with Crippen LogP contribution in [-0.4, -0.2) is 17.7 Å². The molecule has 0 radical (unpaired) electrons. The van der Waals surface area contributed by atoms with Crippen molar-refractivity contribution in [1.82, 2.24) is 5.32 Å². The minimum Gasteiger partial charge on any atom is -0.353 e. The highest BCUT2D eigenvalue weighted by molar-refractivity contribution is 5.79. The van der Waals surface area contributed by atoms with Gasteiger partial charge in [0.15, 0.2) is 0 Å². The largest absolute Gasteiger partial charge is 0.353 e. The Hall–Kier alpha value is -0.860. The number of ketones is 1. The van der Waals surface area contributed by atoms with Gasteiger partial charge in [-0.2, -0.15) is 0 Å². The summed E-state index contributed by atoms with van der Waals surface area (Å²) < 4.78 is 0. The van der Waals surface area contributed by atoms with Crippen LogP contribution in [0.3, 0.4) is 0 Å². The molecule has 64 valence electrons. The number of carbonyl (C=O) groups excluding carboxylic acids is 2. The van der Waals surface area contributed by atoms with E-state index in [1.165, 1.54) is 6.92 Å². The Morgan fingerprint density at radius 1 is 1.45 bits per heavy atom. The van der Waals surface area contributed by atoms with Gasteiger partial charge in [0.1, 0.15) is 5.78 Å². The van der Waals surface area contributed by atoms with E-state index in [0.717, 1.165) is 0 Å². The second kappa shape index (κ2) is 4.88. The average molecular weight is 157 g/mol. The lowest BCUT2D eigenvalue weighted by atomic mass is 10.2. The Labute approximate surface area is 67.2 Å². The molecule has 1 amide bonds. The van der Waals surface area contributed by atoms with E-state index in [0.29, 0.717) is 12.8 Å². The number of rotatable bonds is 4. The molecule has 3 nitrogen and oxygen atoms in total. The molecule has 0 bridgehead atoms. The molecule has 1 N–H and O–H groups in total. The van der Waals surface area contributed by atoms with Crippen molar-refractivity contribution < 1.29 is 9.59 Å². The van der Waals surface area contributed by atoms with Gasteiger partial charge in [0, 0.05) is 18.9 Å². The standard InChI is InChI=1S/C8H15NO2/c1-4-8(11)9-6(2)5-7(3)10/h6H,4-5H2,1-3H3,(H,9,11). The van der Waals surface area contributed by atoms with Crippen molar-refractivity contribution in [2.24, 2.45) is 0 Å². The summed E-state index contributed by atoms with van der Waals surface area (Å²) in [5.74, 6) is 0.104. The molecule has 3 heteroatoms. The lowest BCUT2D eigenvalue weighted by molar-refractivity contribution is -0.122. The molecule has 0 aromatic rings. The monoisotopic (exact) mass is 157 g/mol. The van der Waals surface area contributed by atoms with Gasteiger partial charge in [-0.3, -0.25) is 9.59 Å². The average Bonchev–Trinajstić information content (AvgIpc) is 1.85. The molecule has 0 fully saturated rings. The quantitative estimate of drug-likeness (QED) is 0.658. The van der Waals surface area contributed by atoms with Crippen LogP contribution < -0.4 is 5.32 Å². The van der Waals surface area contributed by atoms with Gasteiger partial charge in [0.05, 0.1) is 0 Å². The van der Waals surface area contributed by atoms with Crippen LogP contribution in [0.15, 0.2) is 0 Å². The van der Waals surface area contributed by atoms with E-state index in [-0.39, 0.29) is 17.7 Å². The van der Waals surface area contributed by atoms with Gasteiger partial charge in [0.2, 0.25) is 5.91 Å². The van der Waals surface area contributed by atoms with Crippen molar-refractivity contribution in [1.29, 1.82) is 0 Å². The van der Waals surface area contributed by atoms with E-state index in [2.05, 4.69) is 5.32 Å². The minimum atomic E-state index is -0.0278. The van der Waals surface area contributed by atoms with Gasteiger partial charge in [-0.1, -0.05) is 6.92 Å². The SMILES string of the molecule is CCC(=O)NC(C)CC(C)=O. The number of Topliss-reactive ketones (excluding diaryl/α,β-unsaturated/α-hetero) is 1. The van der Waals surface area contributed by atoms with Crippen molar-refractivity contribution >= 4 is 11.7 Å². The Balaban J connectivity index is 3.60. The fourth-order valence-electron chi connectivity index (χ4n) is 0.859. The van der Waals surface area contributed by atoms with Crippen molar-refractivity contribution in [3.05, 3.63) is 0 Å². The van der Waals surface area contributed by atoms with Gasteiger partial charge in [-0.15, -0.1) is 0 Å². The van der Waals surface area contributed by atoms with Crippen LogP contribution in [0, 0.1) is 0 Å². The fraction of sp³-hybridized carbons (Fsp3) is 0.750. The highest BCUT2D eigenvalue weighted by Crippen LogP contribution is 1.91. The van der Waals surface area contributed by atoms with E-state index >= 15 is 0 Å². The number of hydrogen-bond donors (Lipinski definition) is 1. The van der Waals surface area contributed by atoms with Gasteiger partial charge in [0.25, 0.3) is 0 Å². The Morgan fingerprint density at radius 2 is 2.00 bits per heavy atom. The lowest BCUT2D eigenvalue weighted by Crippen LogP contribution is -2.33. The molecule has 11 heavy (non-hydrogen) atoms.